The third-order valence-electron chi connectivity index (χ3n) is 1.58. The molecule has 60 valence electrons. The monoisotopic (exact) mass is 224 g/mol. The normalized spacial score (nSPS) is 10.4. The minimum absolute atomic E-state index is 0.646. The van der Waals surface area contributed by atoms with E-state index in [1.165, 1.54) is 0 Å². The number of carbonyl (C=O) groups is 1. The fourth-order valence-corrected chi connectivity index (χ4v) is 1.45. The SMILES string of the molecule is O=Cc1ccc2nc(Br)cn2c1. The van der Waals surface area contributed by atoms with Crippen molar-refractivity contribution in [3.63, 3.8) is 0 Å². The van der Waals surface area contributed by atoms with Gasteiger partial charge in [0.05, 0.1) is 0 Å². The van der Waals surface area contributed by atoms with Crippen LogP contribution in [-0.2, 0) is 0 Å². The molecule has 0 N–H and O–H groups in total. The van der Waals surface area contributed by atoms with Gasteiger partial charge in [-0.15, -0.1) is 0 Å². The van der Waals surface area contributed by atoms with Crippen molar-refractivity contribution >= 4 is 27.9 Å². The van der Waals surface area contributed by atoms with E-state index in [1.807, 2.05) is 6.20 Å². The van der Waals surface area contributed by atoms with Gasteiger partial charge in [0.1, 0.15) is 10.3 Å². The van der Waals surface area contributed by atoms with Crippen LogP contribution in [0.5, 0.6) is 0 Å². The van der Waals surface area contributed by atoms with Crippen molar-refractivity contribution in [2.75, 3.05) is 0 Å². The Hall–Kier alpha value is -1.16. The van der Waals surface area contributed by atoms with E-state index in [4.69, 9.17) is 0 Å². The van der Waals surface area contributed by atoms with Gasteiger partial charge >= 0.3 is 0 Å². The molecule has 0 fully saturated rings. The minimum atomic E-state index is 0.646. The molecule has 0 amide bonds. The number of fused-ring (bicyclic) bond motifs is 1. The Morgan fingerprint density at radius 3 is 3.00 bits per heavy atom. The van der Waals surface area contributed by atoms with Crippen LogP contribution >= 0.6 is 15.9 Å². The summed E-state index contributed by atoms with van der Waals surface area (Å²) in [5.74, 6) is 0. The topological polar surface area (TPSA) is 34.4 Å². The third kappa shape index (κ3) is 1.14. The fourth-order valence-electron chi connectivity index (χ4n) is 1.05. The number of aromatic nitrogens is 2. The first-order chi connectivity index (χ1) is 5.79. The van der Waals surface area contributed by atoms with Crippen molar-refractivity contribution in [1.82, 2.24) is 9.38 Å². The Morgan fingerprint density at radius 1 is 1.42 bits per heavy atom. The van der Waals surface area contributed by atoms with Gasteiger partial charge in [0.25, 0.3) is 0 Å². The van der Waals surface area contributed by atoms with Crippen LogP contribution in [0.3, 0.4) is 0 Å². The van der Waals surface area contributed by atoms with E-state index in [0.29, 0.717) is 5.56 Å². The molecule has 0 radical (unpaired) electrons. The summed E-state index contributed by atoms with van der Waals surface area (Å²) < 4.78 is 2.57. The number of hydrogen-bond donors (Lipinski definition) is 0. The average molecular weight is 225 g/mol. The molecule has 2 rings (SSSR count). The van der Waals surface area contributed by atoms with Gasteiger partial charge in [0.2, 0.25) is 0 Å². The fraction of sp³-hybridized carbons (Fsp3) is 0. The maximum Gasteiger partial charge on any atom is 0.151 e. The number of pyridine rings is 1. The highest BCUT2D eigenvalue weighted by molar-refractivity contribution is 9.10. The number of halogens is 1. The number of aldehydes is 1. The molecule has 0 unspecified atom stereocenters. The summed E-state index contributed by atoms with van der Waals surface area (Å²) in [7, 11) is 0. The molecule has 12 heavy (non-hydrogen) atoms. The molecule has 0 bridgehead atoms. The van der Waals surface area contributed by atoms with E-state index in [9.17, 15) is 4.79 Å². The standard InChI is InChI=1S/C8H5BrN2O/c9-7-4-11-3-6(5-12)1-2-8(11)10-7/h1-5H. The van der Waals surface area contributed by atoms with Crippen molar-refractivity contribution in [2.24, 2.45) is 0 Å². The first-order valence-corrected chi connectivity index (χ1v) is 4.18. The van der Waals surface area contributed by atoms with E-state index >= 15 is 0 Å². The lowest BCUT2D eigenvalue weighted by Crippen LogP contribution is -1.86. The highest BCUT2D eigenvalue weighted by atomic mass is 79.9. The Morgan fingerprint density at radius 2 is 2.25 bits per heavy atom. The predicted molar refractivity (Wildman–Crippen MR) is 48.3 cm³/mol. The zero-order valence-corrected chi connectivity index (χ0v) is 7.65. The van der Waals surface area contributed by atoms with Crippen LogP contribution in [0.15, 0.2) is 29.1 Å². The maximum absolute atomic E-state index is 10.4. The largest absolute Gasteiger partial charge is 0.305 e. The number of rotatable bonds is 1. The molecule has 4 heteroatoms. The van der Waals surface area contributed by atoms with E-state index in [1.54, 1.807) is 22.7 Å². The lowest BCUT2D eigenvalue weighted by atomic mass is 10.3. The van der Waals surface area contributed by atoms with Crippen LogP contribution in [0, 0.1) is 0 Å². The van der Waals surface area contributed by atoms with Crippen LogP contribution in [-0.4, -0.2) is 15.7 Å². The van der Waals surface area contributed by atoms with Crippen molar-refractivity contribution in [2.45, 2.75) is 0 Å². The highest BCUT2D eigenvalue weighted by Crippen LogP contribution is 2.10. The average Bonchev–Trinajstić information content (AvgIpc) is 2.43. The van der Waals surface area contributed by atoms with E-state index < -0.39 is 0 Å². The molecule has 0 saturated heterocycles. The summed E-state index contributed by atoms with van der Waals surface area (Å²) in [5.41, 5.74) is 1.47. The molecule has 2 aromatic rings. The Bertz CT molecular complexity index is 436. The molecule has 3 nitrogen and oxygen atoms in total. The summed E-state index contributed by atoms with van der Waals surface area (Å²) in [6, 6.07) is 3.54. The van der Waals surface area contributed by atoms with E-state index in [2.05, 4.69) is 20.9 Å². The van der Waals surface area contributed by atoms with E-state index in [-0.39, 0.29) is 0 Å². The molecule has 0 aliphatic rings. The highest BCUT2D eigenvalue weighted by Gasteiger charge is 1.98. The predicted octanol–water partition coefficient (Wildman–Crippen LogP) is 1.91. The van der Waals surface area contributed by atoms with Gasteiger partial charge < -0.3 is 4.40 Å². The molecular weight excluding hydrogens is 220 g/mol. The third-order valence-corrected chi connectivity index (χ3v) is 1.96. The number of carbonyl (C=O) groups excluding carboxylic acids is 1. The second-order valence-electron chi connectivity index (χ2n) is 2.41. The second kappa shape index (κ2) is 2.71. The van der Waals surface area contributed by atoms with Crippen molar-refractivity contribution in [3.8, 4) is 0 Å². The summed E-state index contributed by atoms with van der Waals surface area (Å²) in [6.45, 7) is 0. The number of hydrogen-bond acceptors (Lipinski definition) is 2. The van der Waals surface area contributed by atoms with Crippen LogP contribution in [0.2, 0.25) is 0 Å². The first kappa shape index (κ1) is 7.49. The van der Waals surface area contributed by atoms with Crippen molar-refractivity contribution in [1.29, 1.82) is 0 Å². The summed E-state index contributed by atoms with van der Waals surface area (Å²) in [5, 5.41) is 0. The molecule has 2 aromatic heterocycles. The smallest absolute Gasteiger partial charge is 0.151 e. The first-order valence-electron chi connectivity index (χ1n) is 3.39. The molecule has 0 spiro atoms. The van der Waals surface area contributed by atoms with Crippen LogP contribution in [0.4, 0.5) is 0 Å². The summed E-state index contributed by atoms with van der Waals surface area (Å²) in [4.78, 5) is 14.6. The van der Waals surface area contributed by atoms with Crippen LogP contribution < -0.4 is 0 Å². The number of nitrogens with zero attached hydrogens (tertiary/aromatic N) is 2. The Labute approximate surface area is 77.2 Å². The summed E-state index contributed by atoms with van der Waals surface area (Å²) >= 11 is 3.25. The zero-order valence-electron chi connectivity index (χ0n) is 6.07. The molecule has 0 atom stereocenters. The van der Waals surface area contributed by atoms with Crippen molar-refractivity contribution < 1.29 is 4.79 Å². The molecule has 2 heterocycles. The van der Waals surface area contributed by atoms with Gasteiger partial charge in [0, 0.05) is 18.0 Å². The van der Waals surface area contributed by atoms with E-state index in [0.717, 1.165) is 16.5 Å². The van der Waals surface area contributed by atoms with Gasteiger partial charge in [0.15, 0.2) is 6.29 Å². The van der Waals surface area contributed by atoms with Gasteiger partial charge in [-0.25, -0.2) is 4.98 Å². The minimum Gasteiger partial charge on any atom is -0.305 e. The van der Waals surface area contributed by atoms with Crippen LogP contribution in [0.25, 0.3) is 5.65 Å². The molecular formula is C8H5BrN2O. The van der Waals surface area contributed by atoms with Crippen LogP contribution in [0.1, 0.15) is 10.4 Å². The van der Waals surface area contributed by atoms with Gasteiger partial charge in [-0.05, 0) is 28.1 Å². The maximum atomic E-state index is 10.4. The second-order valence-corrected chi connectivity index (χ2v) is 3.22. The molecule has 0 aromatic carbocycles. The van der Waals surface area contributed by atoms with Gasteiger partial charge in [-0.1, -0.05) is 0 Å². The zero-order chi connectivity index (χ0) is 8.55. The van der Waals surface area contributed by atoms with Gasteiger partial charge in [-0.2, -0.15) is 0 Å². The van der Waals surface area contributed by atoms with Gasteiger partial charge in [-0.3, -0.25) is 4.79 Å². The Kier molecular flexibility index (Phi) is 1.69. The summed E-state index contributed by atoms with van der Waals surface area (Å²) in [6.07, 6.45) is 4.36. The molecule has 0 aliphatic carbocycles. The Balaban J connectivity index is 2.74. The quantitative estimate of drug-likeness (QED) is 0.694. The number of imidazole rings is 1. The lowest BCUT2D eigenvalue weighted by Gasteiger charge is -1.92. The van der Waals surface area contributed by atoms with Crippen molar-refractivity contribution in [3.05, 3.63) is 34.7 Å². The molecule has 0 aliphatic heterocycles. The lowest BCUT2D eigenvalue weighted by molar-refractivity contribution is 0.112. The molecule has 0 saturated carbocycles.